The van der Waals surface area contributed by atoms with E-state index in [1.54, 1.807) is 44.6 Å². The summed E-state index contributed by atoms with van der Waals surface area (Å²) < 4.78 is 34.1. The number of methoxy groups -OCH3 is 2. The maximum atomic E-state index is 13.6. The van der Waals surface area contributed by atoms with E-state index in [-0.39, 0.29) is 23.4 Å². The molecule has 0 amide bonds. The van der Waals surface area contributed by atoms with E-state index in [4.69, 9.17) is 26.2 Å². The van der Waals surface area contributed by atoms with Crippen LogP contribution in [0.3, 0.4) is 0 Å². The third-order valence-corrected chi connectivity index (χ3v) is 6.83. The summed E-state index contributed by atoms with van der Waals surface area (Å²) in [5, 5.41) is 18.6. The highest BCUT2D eigenvalue weighted by Crippen LogP contribution is 2.38. The van der Waals surface area contributed by atoms with Crippen LogP contribution in [0.1, 0.15) is 23.5 Å². The number of benzene rings is 2. The molecule has 1 aliphatic heterocycles. The third kappa shape index (κ3) is 4.84. The van der Waals surface area contributed by atoms with Gasteiger partial charge >= 0.3 is 0 Å². The first-order valence-corrected chi connectivity index (χ1v) is 11.2. The first kappa shape index (κ1) is 21.9. The minimum atomic E-state index is -3.92. The number of sulfonamides is 1. The Balaban J connectivity index is 1.90. The number of piperidine rings is 1. The van der Waals surface area contributed by atoms with E-state index in [1.165, 1.54) is 6.07 Å². The highest BCUT2D eigenvalue weighted by Gasteiger charge is 2.38. The highest BCUT2D eigenvalue weighted by molar-refractivity contribution is 7.89. The van der Waals surface area contributed by atoms with Gasteiger partial charge in [0.25, 0.3) is 0 Å². The summed E-state index contributed by atoms with van der Waals surface area (Å²) in [6, 6.07) is 11.9. The highest BCUT2D eigenvalue weighted by atomic mass is 35.5. The van der Waals surface area contributed by atoms with Gasteiger partial charge in [-0.15, -0.1) is 11.6 Å². The Morgan fingerprint density at radius 2 is 1.86 bits per heavy atom. The number of nitrogens with zero attached hydrogens (tertiary/aromatic N) is 1. The van der Waals surface area contributed by atoms with Crippen LogP contribution in [-0.2, 0) is 16.6 Å². The Bertz CT molecular complexity index is 985. The van der Waals surface area contributed by atoms with E-state index in [0.29, 0.717) is 30.0 Å². The molecular weight excluding hydrogens is 416 g/mol. The molecule has 7 nitrogen and oxygen atoms in total. The Kier molecular flexibility index (Phi) is 6.40. The van der Waals surface area contributed by atoms with Crippen LogP contribution >= 0.6 is 11.6 Å². The summed E-state index contributed by atoms with van der Waals surface area (Å²) in [4.78, 5) is 0.0233. The molecule has 1 heterocycles. The lowest BCUT2D eigenvalue weighted by Crippen LogP contribution is -2.51. The summed E-state index contributed by atoms with van der Waals surface area (Å²) in [6.07, 6.45) is 0.474. The largest absolute Gasteiger partial charge is 0.633 e. The van der Waals surface area contributed by atoms with Crippen molar-refractivity contribution in [2.45, 2.75) is 29.2 Å². The molecule has 29 heavy (non-hydrogen) atoms. The quantitative estimate of drug-likeness (QED) is 0.422. The van der Waals surface area contributed by atoms with E-state index in [0.717, 1.165) is 5.56 Å². The average Bonchev–Trinajstić information content (AvgIpc) is 2.69. The number of quaternary nitrogens is 1. The maximum Gasteiger partial charge on any atom is 0.238 e. The molecule has 1 saturated heterocycles. The molecule has 0 aliphatic carbocycles. The smallest absolute Gasteiger partial charge is 0.238 e. The SMILES string of the molecule is COc1ccc(C[N+]2([O-])CCC(Cl)C(c3ccccc3S(N)(=O)=O)C2)cc1OC. The summed E-state index contributed by atoms with van der Waals surface area (Å²) in [6.45, 7) is 0.726. The number of hydrogen-bond acceptors (Lipinski definition) is 5. The topological polar surface area (TPSA) is 102 Å². The van der Waals surface area contributed by atoms with Crippen LogP contribution in [0.4, 0.5) is 0 Å². The number of hydroxylamine groups is 3. The summed E-state index contributed by atoms with van der Waals surface area (Å²) >= 11 is 6.54. The van der Waals surface area contributed by atoms with E-state index in [1.807, 2.05) is 6.07 Å². The van der Waals surface area contributed by atoms with Crippen LogP contribution in [0.5, 0.6) is 11.5 Å². The number of halogens is 1. The van der Waals surface area contributed by atoms with Crippen LogP contribution in [-0.4, -0.2) is 45.8 Å². The number of nitrogens with two attached hydrogens (primary N) is 1. The lowest BCUT2D eigenvalue weighted by Gasteiger charge is -2.49. The predicted molar refractivity (Wildman–Crippen MR) is 111 cm³/mol. The van der Waals surface area contributed by atoms with Gasteiger partial charge in [-0.05, 0) is 29.8 Å². The van der Waals surface area contributed by atoms with Gasteiger partial charge in [-0.25, -0.2) is 13.6 Å². The molecule has 3 unspecified atom stereocenters. The van der Waals surface area contributed by atoms with Gasteiger partial charge in [0.05, 0.1) is 43.5 Å². The molecule has 0 aromatic heterocycles. The standard InChI is InChI=1S/C20H25ClN2O5S/c1-27-18-8-7-14(11-19(18)28-2)12-23(24)10-9-17(21)16(13-23)15-5-3-4-6-20(15)29(22,25)26/h3-8,11,16-17H,9-10,12-13H2,1-2H3,(H2,22,25,26). The zero-order chi connectivity index (χ0) is 21.2. The molecule has 2 aromatic rings. The molecule has 0 bridgehead atoms. The Morgan fingerprint density at radius 3 is 2.52 bits per heavy atom. The van der Waals surface area contributed by atoms with Crippen LogP contribution in [0, 0.1) is 5.21 Å². The van der Waals surface area contributed by atoms with Crippen molar-refractivity contribution in [2.24, 2.45) is 5.14 Å². The summed E-state index contributed by atoms with van der Waals surface area (Å²) in [5.41, 5.74) is 1.31. The third-order valence-electron chi connectivity index (χ3n) is 5.32. The molecule has 2 N–H and O–H groups in total. The van der Waals surface area contributed by atoms with Crippen molar-refractivity contribution in [2.75, 3.05) is 27.3 Å². The molecule has 0 saturated carbocycles. The monoisotopic (exact) mass is 440 g/mol. The maximum absolute atomic E-state index is 13.6. The van der Waals surface area contributed by atoms with Crippen molar-refractivity contribution >= 4 is 21.6 Å². The lowest BCUT2D eigenvalue weighted by molar-refractivity contribution is -0.899. The predicted octanol–water partition coefficient (Wildman–Crippen LogP) is 2.96. The van der Waals surface area contributed by atoms with Crippen molar-refractivity contribution in [1.29, 1.82) is 0 Å². The van der Waals surface area contributed by atoms with Gasteiger partial charge in [-0.1, -0.05) is 18.2 Å². The Hall–Kier alpha value is -1.84. The molecule has 9 heteroatoms. The number of rotatable bonds is 6. The second kappa shape index (κ2) is 8.49. The van der Waals surface area contributed by atoms with Gasteiger partial charge in [0.15, 0.2) is 11.5 Å². The number of likely N-dealkylation sites (tertiary alicyclic amines) is 1. The van der Waals surface area contributed by atoms with Gasteiger partial charge in [0, 0.05) is 12.0 Å². The van der Waals surface area contributed by atoms with Gasteiger partial charge in [0.1, 0.15) is 6.54 Å². The lowest BCUT2D eigenvalue weighted by atomic mass is 9.89. The molecule has 158 valence electrons. The second-order valence-corrected chi connectivity index (χ2v) is 9.40. The molecular formula is C20H25ClN2O5S. The fourth-order valence-corrected chi connectivity index (χ4v) is 5.05. The molecule has 3 rings (SSSR count). The Morgan fingerprint density at radius 1 is 1.17 bits per heavy atom. The van der Waals surface area contributed by atoms with Crippen LogP contribution < -0.4 is 14.6 Å². The van der Waals surface area contributed by atoms with Gasteiger partial charge < -0.3 is 19.3 Å². The van der Waals surface area contributed by atoms with Gasteiger partial charge in [-0.3, -0.25) is 0 Å². The zero-order valence-corrected chi connectivity index (χ0v) is 17.9. The van der Waals surface area contributed by atoms with E-state index in [2.05, 4.69) is 0 Å². The van der Waals surface area contributed by atoms with Crippen molar-refractivity contribution in [1.82, 2.24) is 0 Å². The summed E-state index contributed by atoms with van der Waals surface area (Å²) in [7, 11) is -0.820. The Labute approximate surface area is 176 Å². The first-order valence-electron chi connectivity index (χ1n) is 9.20. The van der Waals surface area contributed by atoms with Crippen LogP contribution in [0.25, 0.3) is 0 Å². The van der Waals surface area contributed by atoms with Crippen LogP contribution in [0.15, 0.2) is 47.4 Å². The fraction of sp³-hybridized carbons (Fsp3) is 0.400. The van der Waals surface area contributed by atoms with Crippen molar-refractivity contribution < 1.29 is 22.5 Å². The van der Waals surface area contributed by atoms with E-state index >= 15 is 0 Å². The zero-order valence-electron chi connectivity index (χ0n) is 16.4. The van der Waals surface area contributed by atoms with Gasteiger partial charge in [-0.2, -0.15) is 0 Å². The van der Waals surface area contributed by atoms with E-state index < -0.39 is 20.6 Å². The van der Waals surface area contributed by atoms with Gasteiger partial charge in [0.2, 0.25) is 10.0 Å². The number of hydrogen-bond donors (Lipinski definition) is 1. The van der Waals surface area contributed by atoms with Crippen molar-refractivity contribution in [3.63, 3.8) is 0 Å². The molecule has 1 fully saturated rings. The molecule has 2 aromatic carbocycles. The van der Waals surface area contributed by atoms with Crippen molar-refractivity contribution in [3.8, 4) is 11.5 Å². The van der Waals surface area contributed by atoms with Crippen LogP contribution in [0.2, 0.25) is 0 Å². The molecule has 1 aliphatic rings. The molecule has 3 atom stereocenters. The number of primary sulfonamides is 1. The van der Waals surface area contributed by atoms with Crippen molar-refractivity contribution in [3.05, 3.63) is 58.8 Å². The first-order chi connectivity index (χ1) is 13.7. The second-order valence-electron chi connectivity index (χ2n) is 7.31. The number of alkyl halides is 1. The normalized spacial score (nSPS) is 24.9. The average molecular weight is 441 g/mol. The minimum Gasteiger partial charge on any atom is -0.633 e. The fourth-order valence-electron chi connectivity index (χ4n) is 3.92. The molecule has 0 radical (unpaired) electrons. The minimum absolute atomic E-state index is 0.0233. The molecule has 0 spiro atoms. The number of ether oxygens (including phenoxy) is 2. The summed E-state index contributed by atoms with van der Waals surface area (Å²) in [5.74, 6) is 0.727. The van der Waals surface area contributed by atoms with E-state index in [9.17, 15) is 13.6 Å².